The first kappa shape index (κ1) is 30.9. The van der Waals surface area contributed by atoms with Crippen molar-refractivity contribution in [1.29, 1.82) is 0 Å². The fourth-order valence-electron chi connectivity index (χ4n) is 6.96. The van der Waals surface area contributed by atoms with Crippen LogP contribution >= 0.6 is 0 Å². The number of ether oxygens (including phenoxy) is 2. The van der Waals surface area contributed by atoms with E-state index in [0.29, 0.717) is 25.9 Å². The highest BCUT2D eigenvalue weighted by atomic mass is 16.5. The van der Waals surface area contributed by atoms with Crippen molar-refractivity contribution in [2.45, 2.75) is 82.2 Å². The largest absolute Gasteiger partial charge is 0.463 e. The number of benzene rings is 1. The lowest BCUT2D eigenvalue weighted by Gasteiger charge is -2.38. The number of amides is 3. The molecule has 1 aromatic rings. The second-order valence-corrected chi connectivity index (χ2v) is 11.8. The molecule has 2 fully saturated rings. The lowest BCUT2D eigenvalue weighted by molar-refractivity contribution is -0.150. The zero-order chi connectivity index (χ0) is 30.6. The predicted molar refractivity (Wildman–Crippen MR) is 158 cm³/mol. The quantitative estimate of drug-likeness (QED) is 0.270. The molecule has 0 aliphatic carbocycles. The number of fused-ring (bicyclic) bond motifs is 2. The number of unbranched alkanes of at least 4 members (excludes halogenated alkanes) is 2. The Labute approximate surface area is 253 Å². The summed E-state index contributed by atoms with van der Waals surface area (Å²) in [5.74, 6) is -3.24. The number of esters is 1. The van der Waals surface area contributed by atoms with E-state index in [0.717, 1.165) is 24.8 Å². The minimum Gasteiger partial charge on any atom is -0.463 e. The van der Waals surface area contributed by atoms with E-state index in [1.54, 1.807) is 17.1 Å². The van der Waals surface area contributed by atoms with Gasteiger partial charge in [0, 0.05) is 19.5 Å². The molecular formula is C33H43N3O7. The first-order chi connectivity index (χ1) is 20.9. The van der Waals surface area contributed by atoms with E-state index >= 15 is 0 Å². The standard InChI is InChI=1S/C33H43N3O7/c1-3-5-11-18-35-19-12-7-10-15-26(38)42-21-24(22-13-8-6-9-14-22)34-30(39)27-25-16-17-33(43-25)28(27)31(40)36(23(4-2)20-37)29(33)32(35)41/h6-9,12-14,16-17,23-25,27-29,37H,3-5,10-11,15,18-21H2,1-2H3,(H,34,39)/b12-7-/t23-,24-,25-,27+,28+,29-,33+/m0/s1. The zero-order valence-electron chi connectivity index (χ0n) is 25.0. The Bertz CT molecular complexity index is 1250. The van der Waals surface area contributed by atoms with Crippen molar-refractivity contribution in [3.05, 3.63) is 60.2 Å². The van der Waals surface area contributed by atoms with Crippen molar-refractivity contribution in [2.24, 2.45) is 11.8 Å². The molecule has 5 rings (SSSR count). The minimum absolute atomic E-state index is 0.0585. The van der Waals surface area contributed by atoms with Crippen molar-refractivity contribution < 1.29 is 33.8 Å². The van der Waals surface area contributed by atoms with Gasteiger partial charge in [-0.25, -0.2) is 0 Å². The molecule has 4 aliphatic heterocycles. The average Bonchev–Trinajstić information content (AvgIpc) is 3.66. The van der Waals surface area contributed by atoms with Gasteiger partial charge < -0.3 is 29.7 Å². The number of cyclic esters (lactones) is 1. The first-order valence-electron chi connectivity index (χ1n) is 15.6. The molecule has 5 bridgehead atoms. The highest BCUT2D eigenvalue weighted by Crippen LogP contribution is 2.56. The van der Waals surface area contributed by atoms with Crippen LogP contribution in [-0.2, 0) is 28.7 Å². The number of hydrogen-bond acceptors (Lipinski definition) is 7. The Morgan fingerprint density at radius 3 is 2.58 bits per heavy atom. The highest BCUT2D eigenvalue weighted by Gasteiger charge is 2.73. The van der Waals surface area contributed by atoms with Gasteiger partial charge in [0.2, 0.25) is 17.7 Å². The molecule has 3 amide bonds. The fourth-order valence-corrected chi connectivity index (χ4v) is 6.96. The zero-order valence-corrected chi connectivity index (χ0v) is 25.0. The van der Waals surface area contributed by atoms with Gasteiger partial charge in [0.05, 0.1) is 36.6 Å². The van der Waals surface area contributed by atoms with Gasteiger partial charge in [-0.3, -0.25) is 19.2 Å². The molecule has 10 heteroatoms. The van der Waals surface area contributed by atoms with Crippen molar-refractivity contribution in [1.82, 2.24) is 15.1 Å². The lowest BCUT2D eigenvalue weighted by atomic mass is 9.74. The molecule has 0 aromatic heterocycles. The molecule has 2 N–H and O–H groups in total. The van der Waals surface area contributed by atoms with Gasteiger partial charge in [-0.05, 0) is 24.8 Å². The molecule has 0 unspecified atom stereocenters. The van der Waals surface area contributed by atoms with Crippen LogP contribution in [0, 0.1) is 11.8 Å². The molecule has 232 valence electrons. The first-order valence-corrected chi connectivity index (χ1v) is 15.6. The van der Waals surface area contributed by atoms with Crippen LogP contribution in [-0.4, -0.2) is 88.7 Å². The maximum Gasteiger partial charge on any atom is 0.306 e. The van der Waals surface area contributed by atoms with Crippen molar-refractivity contribution in [2.75, 3.05) is 26.3 Å². The summed E-state index contributed by atoms with van der Waals surface area (Å²) in [4.78, 5) is 58.7. The third kappa shape index (κ3) is 5.87. The second kappa shape index (κ2) is 13.4. The average molecular weight is 594 g/mol. The number of nitrogens with one attached hydrogen (secondary N) is 1. The summed E-state index contributed by atoms with van der Waals surface area (Å²) in [6, 6.07) is 6.99. The summed E-state index contributed by atoms with van der Waals surface area (Å²) in [6.07, 6.45) is 10.4. The van der Waals surface area contributed by atoms with Crippen LogP contribution in [0.2, 0.25) is 0 Å². The topological polar surface area (TPSA) is 125 Å². The van der Waals surface area contributed by atoms with Crippen LogP contribution in [0.3, 0.4) is 0 Å². The molecule has 2 saturated heterocycles. The van der Waals surface area contributed by atoms with Gasteiger partial charge in [-0.1, -0.05) is 81.3 Å². The molecule has 10 nitrogen and oxygen atoms in total. The van der Waals surface area contributed by atoms with E-state index in [1.807, 2.05) is 49.4 Å². The van der Waals surface area contributed by atoms with Crippen LogP contribution in [0.5, 0.6) is 0 Å². The minimum atomic E-state index is -1.32. The molecule has 4 heterocycles. The SMILES string of the molecule is CCCCCN1C/C=C\CCC(=O)OC[C@@H](c2ccccc2)NC(=O)[C@@H]2[C@@H]3C=C[C@]4(O3)[C@H](C1=O)N([C@@H](CC)CO)C(=O)[C@@H]24. The number of aliphatic hydroxyl groups is 1. The molecule has 0 saturated carbocycles. The van der Waals surface area contributed by atoms with Crippen LogP contribution < -0.4 is 5.32 Å². The second-order valence-electron chi connectivity index (χ2n) is 11.8. The van der Waals surface area contributed by atoms with Gasteiger partial charge in [-0.2, -0.15) is 0 Å². The molecular weight excluding hydrogens is 550 g/mol. The van der Waals surface area contributed by atoms with Crippen molar-refractivity contribution in [3.8, 4) is 0 Å². The lowest BCUT2D eigenvalue weighted by Crippen LogP contribution is -2.58. The van der Waals surface area contributed by atoms with Crippen LogP contribution in [0.4, 0.5) is 0 Å². The number of aliphatic hydroxyl groups excluding tert-OH is 1. The number of carbonyl (C=O) groups excluding carboxylic acids is 4. The summed E-state index contributed by atoms with van der Waals surface area (Å²) in [7, 11) is 0. The maximum absolute atomic E-state index is 14.5. The Morgan fingerprint density at radius 2 is 1.86 bits per heavy atom. The van der Waals surface area contributed by atoms with E-state index in [2.05, 4.69) is 12.2 Å². The summed E-state index contributed by atoms with van der Waals surface area (Å²) in [5, 5.41) is 13.3. The maximum atomic E-state index is 14.5. The van der Waals surface area contributed by atoms with Gasteiger partial charge in [0.1, 0.15) is 18.2 Å². The molecule has 0 radical (unpaired) electrons. The Kier molecular flexibility index (Phi) is 9.66. The molecule has 43 heavy (non-hydrogen) atoms. The van der Waals surface area contributed by atoms with Gasteiger partial charge in [-0.15, -0.1) is 0 Å². The van der Waals surface area contributed by atoms with E-state index < -0.39 is 47.6 Å². The van der Waals surface area contributed by atoms with E-state index in [4.69, 9.17) is 9.47 Å². The Hall–Kier alpha value is -3.50. The van der Waals surface area contributed by atoms with E-state index in [1.165, 1.54) is 4.90 Å². The van der Waals surface area contributed by atoms with Gasteiger partial charge in [0.15, 0.2) is 0 Å². The third-order valence-electron chi connectivity index (χ3n) is 9.20. The molecule has 1 aromatic carbocycles. The summed E-state index contributed by atoms with van der Waals surface area (Å²) in [6.45, 7) is 4.39. The molecule has 7 atom stereocenters. The van der Waals surface area contributed by atoms with Gasteiger partial charge >= 0.3 is 5.97 Å². The molecule has 4 aliphatic rings. The predicted octanol–water partition coefficient (Wildman–Crippen LogP) is 2.68. The number of likely N-dealkylation sites (tertiary alicyclic amines) is 1. The monoisotopic (exact) mass is 593 g/mol. The summed E-state index contributed by atoms with van der Waals surface area (Å²) < 4.78 is 12.1. The van der Waals surface area contributed by atoms with E-state index in [9.17, 15) is 24.3 Å². The smallest absolute Gasteiger partial charge is 0.306 e. The van der Waals surface area contributed by atoms with Crippen LogP contribution in [0.25, 0.3) is 0 Å². The van der Waals surface area contributed by atoms with Gasteiger partial charge in [0.25, 0.3) is 0 Å². The van der Waals surface area contributed by atoms with Crippen LogP contribution in [0.15, 0.2) is 54.6 Å². The van der Waals surface area contributed by atoms with E-state index in [-0.39, 0.29) is 37.4 Å². The number of carbonyl (C=O) groups is 4. The van der Waals surface area contributed by atoms with Crippen molar-refractivity contribution >= 4 is 23.7 Å². The summed E-state index contributed by atoms with van der Waals surface area (Å²) >= 11 is 0. The third-order valence-corrected chi connectivity index (χ3v) is 9.20. The molecule has 1 spiro atoms. The summed E-state index contributed by atoms with van der Waals surface area (Å²) in [5.41, 5.74) is -0.559. The highest BCUT2D eigenvalue weighted by molar-refractivity contribution is 6.00. The Morgan fingerprint density at radius 1 is 1.07 bits per heavy atom. The van der Waals surface area contributed by atoms with Crippen LogP contribution in [0.1, 0.15) is 64.0 Å². The normalized spacial score (nSPS) is 32.5. The number of hydrogen-bond donors (Lipinski definition) is 2. The van der Waals surface area contributed by atoms with Crippen molar-refractivity contribution in [3.63, 3.8) is 0 Å². The Balaban J connectivity index is 1.56. The number of nitrogens with zero attached hydrogens (tertiary/aromatic N) is 2. The number of rotatable bonds is 8. The number of allylic oxidation sites excluding steroid dienone is 1. The fraction of sp³-hybridized carbons (Fsp3) is 0.576.